The van der Waals surface area contributed by atoms with Gasteiger partial charge in [-0.3, -0.25) is 4.79 Å². The first-order valence-electron chi connectivity index (χ1n) is 8.18. The lowest BCUT2D eigenvalue weighted by Crippen LogP contribution is -2.24. The molecule has 0 saturated carbocycles. The molecule has 1 N–H and O–H groups in total. The third-order valence-electron chi connectivity index (χ3n) is 3.63. The smallest absolute Gasteiger partial charge is 0.277 e. The van der Waals surface area contributed by atoms with E-state index < -0.39 is 0 Å². The zero-order valence-electron chi connectivity index (χ0n) is 14.0. The molecule has 0 bridgehead atoms. The molecule has 0 radical (unpaired) electrons. The van der Waals surface area contributed by atoms with Crippen molar-refractivity contribution in [1.82, 2.24) is 5.43 Å². The SMILES string of the molecule is CCCc1ccc(OCC(=O)N/N=C\c2ccc3c(c2)OCO3)cc1. The number of benzene rings is 2. The number of aryl methyl sites for hydroxylation is 1. The van der Waals surface area contributed by atoms with Gasteiger partial charge in [-0.2, -0.15) is 5.10 Å². The molecular formula is C19H20N2O4. The standard InChI is InChI=1S/C19H20N2O4/c1-2-3-14-4-7-16(8-5-14)23-12-19(22)21-20-11-15-6-9-17-18(10-15)25-13-24-17/h4-11H,2-3,12-13H2,1H3,(H,21,22)/b20-11-. The van der Waals surface area contributed by atoms with Gasteiger partial charge in [0.15, 0.2) is 18.1 Å². The first-order chi connectivity index (χ1) is 12.2. The average Bonchev–Trinajstić information content (AvgIpc) is 3.09. The highest BCUT2D eigenvalue weighted by Crippen LogP contribution is 2.31. The number of nitrogens with zero attached hydrogens (tertiary/aromatic N) is 1. The average molecular weight is 340 g/mol. The second-order valence-electron chi connectivity index (χ2n) is 5.59. The van der Waals surface area contributed by atoms with Crippen LogP contribution in [0.5, 0.6) is 17.2 Å². The molecule has 0 aliphatic carbocycles. The van der Waals surface area contributed by atoms with Crippen LogP contribution in [0.3, 0.4) is 0 Å². The number of hydrogen-bond acceptors (Lipinski definition) is 5. The van der Waals surface area contributed by atoms with Crippen LogP contribution in [-0.4, -0.2) is 25.5 Å². The highest BCUT2D eigenvalue weighted by atomic mass is 16.7. The van der Waals surface area contributed by atoms with Crippen LogP contribution in [0.1, 0.15) is 24.5 Å². The summed E-state index contributed by atoms with van der Waals surface area (Å²) in [5, 5.41) is 3.92. The van der Waals surface area contributed by atoms with Gasteiger partial charge in [-0.05, 0) is 47.9 Å². The van der Waals surface area contributed by atoms with E-state index in [4.69, 9.17) is 14.2 Å². The number of carbonyl (C=O) groups is 1. The maximum Gasteiger partial charge on any atom is 0.277 e. The third kappa shape index (κ3) is 4.73. The molecule has 0 fully saturated rings. The van der Waals surface area contributed by atoms with E-state index in [1.54, 1.807) is 18.3 Å². The first-order valence-corrected chi connectivity index (χ1v) is 8.18. The molecule has 3 rings (SSSR count). The third-order valence-corrected chi connectivity index (χ3v) is 3.63. The molecule has 6 heteroatoms. The minimum Gasteiger partial charge on any atom is -0.484 e. The predicted octanol–water partition coefficient (Wildman–Crippen LogP) is 2.90. The Morgan fingerprint density at radius 2 is 2.00 bits per heavy atom. The second-order valence-corrected chi connectivity index (χ2v) is 5.59. The van der Waals surface area contributed by atoms with Crippen LogP contribution in [0.2, 0.25) is 0 Å². The van der Waals surface area contributed by atoms with Crippen molar-refractivity contribution >= 4 is 12.1 Å². The molecule has 0 saturated heterocycles. The summed E-state index contributed by atoms with van der Waals surface area (Å²) in [6, 6.07) is 13.2. The van der Waals surface area contributed by atoms with Crippen LogP contribution in [0.4, 0.5) is 0 Å². The van der Waals surface area contributed by atoms with Gasteiger partial charge >= 0.3 is 0 Å². The highest BCUT2D eigenvalue weighted by molar-refractivity contribution is 5.83. The molecule has 0 unspecified atom stereocenters. The minimum absolute atomic E-state index is 0.0917. The number of rotatable bonds is 7. The Morgan fingerprint density at radius 1 is 1.20 bits per heavy atom. The molecule has 1 heterocycles. The molecule has 6 nitrogen and oxygen atoms in total. The lowest BCUT2D eigenvalue weighted by Gasteiger charge is -2.06. The van der Waals surface area contributed by atoms with Gasteiger partial charge in [0.2, 0.25) is 6.79 Å². The van der Waals surface area contributed by atoms with E-state index in [1.165, 1.54) is 5.56 Å². The number of hydrogen-bond donors (Lipinski definition) is 1. The molecule has 1 aliphatic heterocycles. The fraction of sp³-hybridized carbons (Fsp3) is 0.263. The number of fused-ring (bicyclic) bond motifs is 1. The van der Waals surface area contributed by atoms with Crippen LogP contribution in [0, 0.1) is 0 Å². The van der Waals surface area contributed by atoms with E-state index >= 15 is 0 Å². The monoisotopic (exact) mass is 340 g/mol. The molecular weight excluding hydrogens is 320 g/mol. The van der Waals surface area contributed by atoms with E-state index in [0.29, 0.717) is 17.2 Å². The molecule has 2 aromatic rings. The molecule has 0 atom stereocenters. The number of ether oxygens (including phenoxy) is 3. The molecule has 2 aromatic carbocycles. The van der Waals surface area contributed by atoms with Crippen LogP contribution in [0.15, 0.2) is 47.6 Å². The van der Waals surface area contributed by atoms with Gasteiger partial charge in [0.05, 0.1) is 6.21 Å². The van der Waals surface area contributed by atoms with E-state index in [9.17, 15) is 4.79 Å². The fourth-order valence-corrected chi connectivity index (χ4v) is 2.39. The zero-order valence-corrected chi connectivity index (χ0v) is 14.0. The summed E-state index contributed by atoms with van der Waals surface area (Å²) in [5.41, 5.74) is 4.49. The van der Waals surface area contributed by atoms with Gasteiger partial charge in [-0.1, -0.05) is 25.5 Å². The van der Waals surface area contributed by atoms with Gasteiger partial charge in [0, 0.05) is 0 Å². The van der Waals surface area contributed by atoms with Gasteiger partial charge in [0.25, 0.3) is 5.91 Å². The van der Waals surface area contributed by atoms with Gasteiger partial charge in [0.1, 0.15) is 5.75 Å². The largest absolute Gasteiger partial charge is 0.484 e. The van der Waals surface area contributed by atoms with Crippen LogP contribution < -0.4 is 19.6 Å². The Kier molecular flexibility index (Phi) is 5.51. The Bertz CT molecular complexity index is 757. The van der Waals surface area contributed by atoms with Crippen molar-refractivity contribution < 1.29 is 19.0 Å². The van der Waals surface area contributed by atoms with Crippen LogP contribution in [0.25, 0.3) is 0 Å². The van der Waals surface area contributed by atoms with Crippen LogP contribution in [-0.2, 0) is 11.2 Å². The topological polar surface area (TPSA) is 69.2 Å². The molecule has 130 valence electrons. The first kappa shape index (κ1) is 16.8. The van der Waals surface area contributed by atoms with Gasteiger partial charge in [-0.15, -0.1) is 0 Å². The number of amides is 1. The van der Waals surface area contributed by atoms with E-state index in [0.717, 1.165) is 18.4 Å². The van der Waals surface area contributed by atoms with Crippen LogP contribution >= 0.6 is 0 Å². The minimum atomic E-state index is -0.324. The van der Waals surface area contributed by atoms with Crippen molar-refractivity contribution in [3.8, 4) is 17.2 Å². The van der Waals surface area contributed by atoms with E-state index in [-0.39, 0.29) is 19.3 Å². The van der Waals surface area contributed by atoms with Gasteiger partial charge < -0.3 is 14.2 Å². The summed E-state index contributed by atoms with van der Waals surface area (Å²) in [6.45, 7) is 2.27. The van der Waals surface area contributed by atoms with Crippen molar-refractivity contribution in [3.05, 3.63) is 53.6 Å². The Morgan fingerprint density at radius 3 is 2.80 bits per heavy atom. The second kappa shape index (κ2) is 8.19. The van der Waals surface area contributed by atoms with Crippen molar-refractivity contribution in [2.45, 2.75) is 19.8 Å². The Hall–Kier alpha value is -3.02. The molecule has 1 amide bonds. The number of nitrogens with one attached hydrogen (secondary N) is 1. The van der Waals surface area contributed by atoms with Crippen molar-refractivity contribution in [3.63, 3.8) is 0 Å². The lowest BCUT2D eigenvalue weighted by atomic mass is 10.1. The van der Waals surface area contributed by atoms with Crippen molar-refractivity contribution in [1.29, 1.82) is 0 Å². The summed E-state index contributed by atoms with van der Waals surface area (Å²) in [4.78, 5) is 11.8. The molecule has 1 aliphatic rings. The fourth-order valence-electron chi connectivity index (χ4n) is 2.39. The summed E-state index contributed by atoms with van der Waals surface area (Å²) < 4.78 is 16.0. The van der Waals surface area contributed by atoms with Crippen molar-refractivity contribution in [2.75, 3.05) is 13.4 Å². The molecule has 25 heavy (non-hydrogen) atoms. The quantitative estimate of drug-likeness (QED) is 0.621. The normalized spacial score (nSPS) is 12.4. The van der Waals surface area contributed by atoms with E-state index in [1.807, 2.05) is 30.3 Å². The summed E-state index contributed by atoms with van der Waals surface area (Å²) in [6.07, 6.45) is 3.68. The number of hydrazone groups is 1. The Balaban J connectivity index is 1.44. The summed E-state index contributed by atoms with van der Waals surface area (Å²) in [7, 11) is 0. The molecule has 0 spiro atoms. The predicted molar refractivity (Wildman–Crippen MR) is 94.2 cm³/mol. The molecule has 0 aromatic heterocycles. The van der Waals surface area contributed by atoms with Crippen molar-refractivity contribution in [2.24, 2.45) is 5.10 Å². The maximum absolute atomic E-state index is 11.8. The zero-order chi connectivity index (χ0) is 17.5. The summed E-state index contributed by atoms with van der Waals surface area (Å²) in [5.74, 6) is 1.72. The van der Waals surface area contributed by atoms with E-state index in [2.05, 4.69) is 17.5 Å². The number of carbonyl (C=O) groups excluding carboxylic acids is 1. The highest BCUT2D eigenvalue weighted by Gasteiger charge is 2.12. The Labute approximate surface area is 146 Å². The van der Waals surface area contributed by atoms with Gasteiger partial charge in [-0.25, -0.2) is 5.43 Å². The lowest BCUT2D eigenvalue weighted by molar-refractivity contribution is -0.123. The maximum atomic E-state index is 11.8. The summed E-state index contributed by atoms with van der Waals surface area (Å²) >= 11 is 0.